The highest BCUT2D eigenvalue weighted by Gasteiger charge is 2.35. The van der Waals surface area contributed by atoms with Gasteiger partial charge in [-0.3, -0.25) is 9.59 Å². The summed E-state index contributed by atoms with van der Waals surface area (Å²) in [5, 5.41) is 7.47. The van der Waals surface area contributed by atoms with E-state index < -0.39 is 35.6 Å². The van der Waals surface area contributed by atoms with E-state index in [1.165, 1.54) is 17.0 Å². The predicted octanol–water partition coefficient (Wildman–Crippen LogP) is 1.56. The monoisotopic (exact) mass is 372 g/mol. The number of urea groups is 1. The first-order chi connectivity index (χ1) is 12.2. The van der Waals surface area contributed by atoms with E-state index in [9.17, 15) is 27.6 Å². The first-order valence-electron chi connectivity index (χ1n) is 8.01. The first-order valence-corrected chi connectivity index (χ1v) is 8.01. The largest absolute Gasteiger partial charge is 0.416 e. The summed E-state index contributed by atoms with van der Waals surface area (Å²) in [6.07, 6.45) is -4.89. The Kier molecular flexibility index (Phi) is 6.06. The van der Waals surface area contributed by atoms with Crippen LogP contribution in [-0.4, -0.2) is 48.4 Å². The topological polar surface area (TPSA) is 90.5 Å². The van der Waals surface area contributed by atoms with Gasteiger partial charge in [0.15, 0.2) is 0 Å². The van der Waals surface area contributed by atoms with E-state index in [1.807, 2.05) is 0 Å². The zero-order chi connectivity index (χ0) is 19.3. The van der Waals surface area contributed by atoms with Gasteiger partial charge in [-0.2, -0.15) is 13.2 Å². The van der Waals surface area contributed by atoms with Crippen LogP contribution < -0.4 is 16.0 Å². The number of hydrogen-bond donors (Lipinski definition) is 3. The summed E-state index contributed by atoms with van der Waals surface area (Å²) in [7, 11) is 0. The predicted molar refractivity (Wildman–Crippen MR) is 87.3 cm³/mol. The van der Waals surface area contributed by atoms with Crippen molar-refractivity contribution < 1.29 is 27.6 Å². The first kappa shape index (κ1) is 19.5. The highest BCUT2D eigenvalue weighted by molar-refractivity contribution is 5.97. The van der Waals surface area contributed by atoms with Gasteiger partial charge in [0, 0.05) is 25.3 Å². The molecule has 1 aromatic carbocycles. The third-order valence-corrected chi connectivity index (χ3v) is 3.77. The molecule has 2 rings (SSSR count). The molecular formula is C16H19F3N4O3. The normalized spacial score (nSPS) is 17.5. The van der Waals surface area contributed by atoms with Gasteiger partial charge in [-0.05, 0) is 25.1 Å². The van der Waals surface area contributed by atoms with Gasteiger partial charge in [0.25, 0.3) is 0 Å². The van der Waals surface area contributed by atoms with E-state index in [2.05, 4.69) is 16.0 Å². The maximum Gasteiger partial charge on any atom is 0.416 e. The number of alkyl halides is 3. The molecular weight excluding hydrogens is 353 g/mol. The molecule has 1 aliphatic heterocycles. The van der Waals surface area contributed by atoms with E-state index in [-0.39, 0.29) is 25.2 Å². The van der Waals surface area contributed by atoms with Crippen molar-refractivity contribution in [3.63, 3.8) is 0 Å². The summed E-state index contributed by atoms with van der Waals surface area (Å²) in [5.41, 5.74) is -0.930. The SMILES string of the molecule is CCNC(=O)N1CCNC(=O)C1CC(=O)Nc1cccc(C(F)(F)F)c1. The Morgan fingerprint density at radius 1 is 1.35 bits per heavy atom. The summed E-state index contributed by atoms with van der Waals surface area (Å²) in [6, 6.07) is 2.68. The summed E-state index contributed by atoms with van der Waals surface area (Å²) in [4.78, 5) is 37.5. The van der Waals surface area contributed by atoms with Gasteiger partial charge in [0.2, 0.25) is 11.8 Å². The molecule has 1 fully saturated rings. The van der Waals surface area contributed by atoms with Crippen molar-refractivity contribution in [2.45, 2.75) is 25.6 Å². The van der Waals surface area contributed by atoms with E-state index in [4.69, 9.17) is 0 Å². The molecule has 0 aromatic heterocycles. The number of carbonyl (C=O) groups excluding carboxylic acids is 3. The van der Waals surface area contributed by atoms with Crippen LogP contribution in [0.2, 0.25) is 0 Å². The number of nitrogens with one attached hydrogen (secondary N) is 3. The number of hydrogen-bond acceptors (Lipinski definition) is 3. The molecule has 7 nitrogen and oxygen atoms in total. The maximum atomic E-state index is 12.7. The molecule has 0 aliphatic carbocycles. The Bertz CT molecular complexity index is 694. The van der Waals surface area contributed by atoms with Crippen LogP contribution in [-0.2, 0) is 15.8 Å². The molecule has 0 spiro atoms. The molecule has 10 heteroatoms. The smallest absolute Gasteiger partial charge is 0.353 e. The third-order valence-electron chi connectivity index (χ3n) is 3.77. The van der Waals surface area contributed by atoms with E-state index >= 15 is 0 Å². The summed E-state index contributed by atoms with van der Waals surface area (Å²) < 4.78 is 38.2. The van der Waals surface area contributed by atoms with Crippen molar-refractivity contribution >= 4 is 23.5 Å². The van der Waals surface area contributed by atoms with Crippen LogP contribution in [0.25, 0.3) is 0 Å². The van der Waals surface area contributed by atoms with Crippen molar-refractivity contribution in [1.82, 2.24) is 15.5 Å². The van der Waals surface area contributed by atoms with Gasteiger partial charge in [-0.15, -0.1) is 0 Å². The molecule has 1 aromatic rings. The lowest BCUT2D eigenvalue weighted by Crippen LogP contribution is -2.60. The van der Waals surface area contributed by atoms with Crippen molar-refractivity contribution in [2.24, 2.45) is 0 Å². The zero-order valence-corrected chi connectivity index (χ0v) is 14.0. The maximum absolute atomic E-state index is 12.7. The number of piperazine rings is 1. The lowest BCUT2D eigenvalue weighted by molar-refractivity contribution is -0.137. The molecule has 0 radical (unpaired) electrons. The molecule has 0 bridgehead atoms. The van der Waals surface area contributed by atoms with Gasteiger partial charge < -0.3 is 20.9 Å². The lowest BCUT2D eigenvalue weighted by Gasteiger charge is -2.34. The summed E-state index contributed by atoms with van der Waals surface area (Å²) in [6.45, 7) is 2.58. The third kappa shape index (κ3) is 4.87. The molecule has 142 valence electrons. The zero-order valence-electron chi connectivity index (χ0n) is 14.0. The summed E-state index contributed by atoms with van der Waals surface area (Å²) >= 11 is 0. The molecule has 4 amide bonds. The van der Waals surface area contributed by atoms with Crippen LogP contribution in [0.4, 0.5) is 23.7 Å². The highest BCUT2D eigenvalue weighted by Crippen LogP contribution is 2.30. The Morgan fingerprint density at radius 2 is 2.08 bits per heavy atom. The molecule has 1 aliphatic rings. The second-order valence-corrected chi connectivity index (χ2v) is 5.67. The van der Waals surface area contributed by atoms with E-state index in [0.717, 1.165) is 12.1 Å². The highest BCUT2D eigenvalue weighted by atomic mass is 19.4. The van der Waals surface area contributed by atoms with Crippen LogP contribution in [0.15, 0.2) is 24.3 Å². The van der Waals surface area contributed by atoms with Crippen molar-refractivity contribution in [3.05, 3.63) is 29.8 Å². The number of rotatable bonds is 4. The van der Waals surface area contributed by atoms with Crippen LogP contribution in [0.1, 0.15) is 18.9 Å². The molecule has 1 heterocycles. The summed E-state index contributed by atoms with van der Waals surface area (Å²) in [5.74, 6) is -1.15. The quantitative estimate of drug-likeness (QED) is 0.749. The van der Waals surface area contributed by atoms with E-state index in [0.29, 0.717) is 6.54 Å². The second-order valence-electron chi connectivity index (χ2n) is 5.67. The Labute approximate surface area is 147 Å². The van der Waals surface area contributed by atoms with Gasteiger partial charge in [0.1, 0.15) is 6.04 Å². The Hall–Kier alpha value is -2.78. The van der Waals surface area contributed by atoms with E-state index in [1.54, 1.807) is 6.92 Å². The van der Waals surface area contributed by atoms with Gasteiger partial charge in [0.05, 0.1) is 12.0 Å². The fourth-order valence-electron chi connectivity index (χ4n) is 2.57. The van der Waals surface area contributed by atoms with Crippen LogP contribution in [0.3, 0.4) is 0 Å². The molecule has 3 N–H and O–H groups in total. The van der Waals surface area contributed by atoms with Crippen LogP contribution in [0.5, 0.6) is 0 Å². The minimum absolute atomic E-state index is 0.0365. The average molecular weight is 372 g/mol. The Balaban J connectivity index is 2.07. The molecule has 1 unspecified atom stereocenters. The number of carbonyl (C=O) groups is 3. The standard InChI is InChI=1S/C16H19F3N4O3/c1-2-20-15(26)23-7-6-21-14(25)12(23)9-13(24)22-11-5-3-4-10(8-11)16(17,18)19/h3-5,8,12H,2,6-7,9H2,1H3,(H,20,26)(H,21,25)(H,22,24). The van der Waals surface area contributed by atoms with Gasteiger partial charge in [-0.1, -0.05) is 6.07 Å². The van der Waals surface area contributed by atoms with Crippen molar-refractivity contribution in [2.75, 3.05) is 25.0 Å². The average Bonchev–Trinajstić information content (AvgIpc) is 2.56. The molecule has 1 atom stereocenters. The molecule has 0 saturated carbocycles. The second kappa shape index (κ2) is 8.07. The Morgan fingerprint density at radius 3 is 2.73 bits per heavy atom. The number of anilines is 1. The van der Waals surface area contributed by atoms with Crippen LogP contribution in [0, 0.1) is 0 Å². The van der Waals surface area contributed by atoms with Crippen molar-refractivity contribution in [1.29, 1.82) is 0 Å². The molecule has 1 saturated heterocycles. The van der Waals surface area contributed by atoms with Gasteiger partial charge >= 0.3 is 12.2 Å². The lowest BCUT2D eigenvalue weighted by atomic mass is 10.1. The fourth-order valence-corrected chi connectivity index (χ4v) is 2.57. The van der Waals surface area contributed by atoms with Crippen LogP contribution >= 0.6 is 0 Å². The minimum Gasteiger partial charge on any atom is -0.353 e. The minimum atomic E-state index is -4.53. The number of halogens is 3. The van der Waals surface area contributed by atoms with Crippen molar-refractivity contribution in [3.8, 4) is 0 Å². The number of amides is 4. The fraction of sp³-hybridized carbons (Fsp3) is 0.438. The number of nitrogens with zero attached hydrogens (tertiary/aromatic N) is 1. The molecule has 26 heavy (non-hydrogen) atoms. The number of benzene rings is 1. The van der Waals surface area contributed by atoms with Gasteiger partial charge in [-0.25, -0.2) is 4.79 Å².